The predicted octanol–water partition coefficient (Wildman–Crippen LogP) is 3.91. The second kappa shape index (κ2) is 8.70. The summed E-state index contributed by atoms with van der Waals surface area (Å²) in [6, 6.07) is 13.5. The van der Waals surface area contributed by atoms with Crippen LogP contribution < -0.4 is 5.32 Å². The van der Waals surface area contributed by atoms with Gasteiger partial charge in [0, 0.05) is 5.69 Å². The van der Waals surface area contributed by atoms with E-state index >= 15 is 0 Å². The van der Waals surface area contributed by atoms with Crippen LogP contribution in [0.4, 0.5) is 5.69 Å². The Bertz CT molecular complexity index is 959. The minimum Gasteiger partial charge on any atom is -0.465 e. The van der Waals surface area contributed by atoms with Crippen LogP contribution in [-0.4, -0.2) is 34.9 Å². The fourth-order valence-electron chi connectivity index (χ4n) is 2.14. The van der Waals surface area contributed by atoms with Gasteiger partial charge in [-0.25, -0.2) is 4.79 Å². The molecule has 3 aromatic rings. The number of halogens is 1. The molecule has 0 aliphatic heterocycles. The highest BCUT2D eigenvalue weighted by Crippen LogP contribution is 2.28. The summed E-state index contributed by atoms with van der Waals surface area (Å²) in [7, 11) is 1.31. The van der Waals surface area contributed by atoms with E-state index in [1.165, 1.54) is 7.11 Å². The molecule has 0 aliphatic rings. The first-order valence-corrected chi connectivity index (χ1v) is 9.12. The van der Waals surface area contributed by atoms with Crippen LogP contribution in [-0.2, 0) is 9.53 Å². The maximum Gasteiger partial charge on any atom is 0.337 e. The highest BCUT2D eigenvalue weighted by atomic mass is 35.5. The Morgan fingerprint density at radius 1 is 1.15 bits per heavy atom. The second-order valence-corrected chi connectivity index (χ2v) is 6.59. The van der Waals surface area contributed by atoms with Crippen molar-refractivity contribution in [1.29, 1.82) is 0 Å². The number of aromatic nitrogens is 2. The number of esters is 1. The lowest BCUT2D eigenvalue weighted by Gasteiger charge is -2.05. The summed E-state index contributed by atoms with van der Waals surface area (Å²) in [6.07, 6.45) is 0. The number of methoxy groups -OCH3 is 1. The fraction of sp³-hybridized carbons (Fsp3) is 0.111. The van der Waals surface area contributed by atoms with Crippen molar-refractivity contribution >= 4 is 40.9 Å². The molecule has 0 unspecified atom stereocenters. The third-order valence-corrected chi connectivity index (χ3v) is 4.58. The van der Waals surface area contributed by atoms with Crippen LogP contribution in [0.5, 0.6) is 0 Å². The maximum absolute atomic E-state index is 12.1. The van der Waals surface area contributed by atoms with Crippen LogP contribution in [0.3, 0.4) is 0 Å². The molecule has 1 aromatic heterocycles. The Balaban J connectivity index is 1.55. The van der Waals surface area contributed by atoms with Crippen molar-refractivity contribution in [2.75, 3.05) is 18.2 Å². The monoisotopic (exact) mass is 403 g/mol. The minimum absolute atomic E-state index is 0.0862. The van der Waals surface area contributed by atoms with Gasteiger partial charge in [-0.2, -0.15) is 0 Å². The average molecular weight is 404 g/mol. The number of benzene rings is 2. The Morgan fingerprint density at radius 3 is 2.59 bits per heavy atom. The van der Waals surface area contributed by atoms with Crippen molar-refractivity contribution in [3.05, 3.63) is 59.1 Å². The quantitative estimate of drug-likeness (QED) is 0.492. The van der Waals surface area contributed by atoms with Gasteiger partial charge in [-0.1, -0.05) is 35.5 Å². The van der Waals surface area contributed by atoms with Gasteiger partial charge in [0.1, 0.15) is 0 Å². The SMILES string of the molecule is COC(=O)c1ccc(NC(=O)CSc2nnc(-c3ccccc3Cl)o2)cc1. The molecule has 1 heterocycles. The highest BCUT2D eigenvalue weighted by Gasteiger charge is 2.13. The Morgan fingerprint density at radius 2 is 1.89 bits per heavy atom. The van der Waals surface area contributed by atoms with Crippen molar-refractivity contribution in [1.82, 2.24) is 10.2 Å². The topological polar surface area (TPSA) is 94.3 Å². The molecule has 1 N–H and O–H groups in total. The van der Waals surface area contributed by atoms with Crippen LogP contribution in [0.2, 0.25) is 5.02 Å². The lowest BCUT2D eigenvalue weighted by Crippen LogP contribution is -2.14. The zero-order valence-corrected chi connectivity index (χ0v) is 15.7. The zero-order chi connectivity index (χ0) is 19.2. The van der Waals surface area contributed by atoms with Gasteiger partial charge >= 0.3 is 5.97 Å². The molecule has 138 valence electrons. The van der Waals surface area contributed by atoms with Crippen LogP contribution >= 0.6 is 23.4 Å². The second-order valence-electron chi connectivity index (χ2n) is 5.26. The van der Waals surface area contributed by atoms with Crippen molar-refractivity contribution in [2.24, 2.45) is 0 Å². The maximum atomic E-state index is 12.1. The molecule has 0 radical (unpaired) electrons. The van der Waals surface area contributed by atoms with E-state index < -0.39 is 5.97 Å². The normalized spacial score (nSPS) is 10.4. The molecule has 2 aromatic carbocycles. The van der Waals surface area contributed by atoms with Crippen molar-refractivity contribution in [3.8, 4) is 11.5 Å². The van der Waals surface area contributed by atoms with E-state index in [4.69, 9.17) is 16.0 Å². The predicted molar refractivity (Wildman–Crippen MR) is 102 cm³/mol. The summed E-state index contributed by atoms with van der Waals surface area (Å²) < 4.78 is 10.2. The number of carbonyl (C=O) groups is 2. The van der Waals surface area contributed by atoms with E-state index in [2.05, 4.69) is 20.3 Å². The molecule has 0 atom stereocenters. The van der Waals surface area contributed by atoms with E-state index in [0.717, 1.165) is 11.8 Å². The van der Waals surface area contributed by atoms with Gasteiger partial charge in [-0.3, -0.25) is 4.79 Å². The average Bonchev–Trinajstić information content (AvgIpc) is 3.15. The lowest BCUT2D eigenvalue weighted by molar-refractivity contribution is -0.113. The van der Waals surface area contributed by atoms with Crippen molar-refractivity contribution in [2.45, 2.75) is 5.22 Å². The summed E-state index contributed by atoms with van der Waals surface area (Å²) in [5.41, 5.74) is 1.60. The molecule has 0 fully saturated rings. The van der Waals surface area contributed by atoms with Gasteiger partial charge in [0.05, 0.1) is 29.0 Å². The number of carbonyl (C=O) groups excluding carboxylic acids is 2. The third kappa shape index (κ3) is 4.87. The molecule has 0 bridgehead atoms. The number of anilines is 1. The molecular formula is C18H14ClN3O4S. The van der Waals surface area contributed by atoms with E-state index in [9.17, 15) is 9.59 Å². The molecular weight excluding hydrogens is 390 g/mol. The largest absolute Gasteiger partial charge is 0.465 e. The van der Waals surface area contributed by atoms with E-state index in [0.29, 0.717) is 27.7 Å². The first kappa shape index (κ1) is 18.9. The summed E-state index contributed by atoms with van der Waals surface area (Å²) in [5.74, 6) is -0.303. The number of rotatable bonds is 6. The standard InChI is InChI=1S/C18H14ClN3O4S/c1-25-17(24)11-6-8-12(9-7-11)20-15(23)10-27-18-22-21-16(26-18)13-4-2-3-5-14(13)19/h2-9H,10H2,1H3,(H,20,23). The Labute approximate surface area is 164 Å². The lowest BCUT2D eigenvalue weighted by atomic mass is 10.2. The summed E-state index contributed by atoms with van der Waals surface area (Å²) in [6.45, 7) is 0. The smallest absolute Gasteiger partial charge is 0.337 e. The molecule has 27 heavy (non-hydrogen) atoms. The number of hydrogen-bond acceptors (Lipinski definition) is 7. The number of nitrogens with zero attached hydrogens (tertiary/aromatic N) is 2. The van der Waals surface area contributed by atoms with Gasteiger partial charge in [-0.05, 0) is 36.4 Å². The molecule has 0 spiro atoms. The van der Waals surface area contributed by atoms with Gasteiger partial charge < -0.3 is 14.5 Å². The number of thioether (sulfide) groups is 1. The molecule has 0 saturated carbocycles. The van der Waals surface area contributed by atoms with Crippen LogP contribution in [0.15, 0.2) is 58.2 Å². The van der Waals surface area contributed by atoms with Gasteiger partial charge in [0.25, 0.3) is 5.22 Å². The Kier molecular flexibility index (Phi) is 6.10. The first-order valence-electron chi connectivity index (χ1n) is 7.76. The molecule has 7 nitrogen and oxygen atoms in total. The summed E-state index contributed by atoms with van der Waals surface area (Å²) in [4.78, 5) is 23.4. The van der Waals surface area contributed by atoms with Crippen LogP contribution in [0.25, 0.3) is 11.5 Å². The molecule has 3 rings (SSSR count). The number of nitrogens with one attached hydrogen (secondary N) is 1. The van der Waals surface area contributed by atoms with Crippen molar-refractivity contribution in [3.63, 3.8) is 0 Å². The summed E-state index contributed by atoms with van der Waals surface area (Å²) >= 11 is 7.21. The number of ether oxygens (including phenoxy) is 1. The molecule has 9 heteroatoms. The molecule has 0 saturated heterocycles. The highest BCUT2D eigenvalue weighted by molar-refractivity contribution is 7.99. The van der Waals surface area contributed by atoms with Crippen molar-refractivity contribution < 1.29 is 18.7 Å². The number of hydrogen-bond donors (Lipinski definition) is 1. The minimum atomic E-state index is -0.436. The van der Waals surface area contributed by atoms with Gasteiger partial charge in [0.15, 0.2) is 0 Å². The van der Waals surface area contributed by atoms with Gasteiger partial charge in [0.2, 0.25) is 11.8 Å². The first-order chi connectivity index (χ1) is 13.1. The fourth-order valence-corrected chi connectivity index (χ4v) is 2.92. The third-order valence-electron chi connectivity index (χ3n) is 3.43. The van der Waals surface area contributed by atoms with Crippen LogP contribution in [0.1, 0.15) is 10.4 Å². The Hall–Kier alpha value is -2.84. The van der Waals surface area contributed by atoms with E-state index in [1.54, 1.807) is 42.5 Å². The number of amides is 1. The zero-order valence-electron chi connectivity index (χ0n) is 14.1. The molecule has 0 aliphatic carbocycles. The van der Waals surface area contributed by atoms with E-state index in [-0.39, 0.29) is 16.9 Å². The summed E-state index contributed by atoms with van der Waals surface area (Å²) in [5, 5.41) is 11.3. The molecule has 1 amide bonds. The van der Waals surface area contributed by atoms with Gasteiger partial charge in [-0.15, -0.1) is 10.2 Å². The van der Waals surface area contributed by atoms with Crippen LogP contribution in [0, 0.1) is 0 Å². The van der Waals surface area contributed by atoms with E-state index in [1.807, 2.05) is 6.07 Å².